The number of quaternary nitrogens is 2. The van der Waals surface area contributed by atoms with E-state index in [1.54, 1.807) is 20.8 Å². The number of rotatable bonds is 16. The Morgan fingerprint density at radius 1 is 1.00 bits per heavy atom. The molecule has 0 aromatic heterocycles. The van der Waals surface area contributed by atoms with E-state index in [9.17, 15) is 24.6 Å². The molecule has 220 valence electrons. The van der Waals surface area contributed by atoms with Gasteiger partial charge in [0.2, 0.25) is 11.8 Å². The number of aliphatic hydroxyl groups is 1. The van der Waals surface area contributed by atoms with Gasteiger partial charge in [-0.25, -0.2) is 0 Å². The van der Waals surface area contributed by atoms with Crippen LogP contribution in [0.5, 0.6) is 0 Å². The predicted octanol–water partition coefficient (Wildman–Crippen LogP) is -1.50. The van der Waals surface area contributed by atoms with Gasteiger partial charge in [0.05, 0.1) is 41.8 Å². The van der Waals surface area contributed by atoms with Gasteiger partial charge >= 0.3 is 29.6 Å². The third kappa shape index (κ3) is 21.9. The van der Waals surface area contributed by atoms with E-state index in [2.05, 4.69) is 19.4 Å². The fourth-order valence-corrected chi connectivity index (χ4v) is 4.10. The molecule has 3 atom stereocenters. The average Bonchev–Trinajstić information content (AvgIpc) is 2.59. The Bertz CT molecular complexity index is 637. The number of hydrogen-bond acceptors (Lipinski definition) is 5. The summed E-state index contributed by atoms with van der Waals surface area (Å²) in [6, 6.07) is 0. The van der Waals surface area contributed by atoms with Crippen molar-refractivity contribution < 1.29 is 63.1 Å². The van der Waals surface area contributed by atoms with Gasteiger partial charge in [-0.3, -0.25) is 9.59 Å². The van der Waals surface area contributed by atoms with E-state index in [4.69, 9.17) is 5.73 Å². The number of primary amides is 1. The van der Waals surface area contributed by atoms with Crippen molar-refractivity contribution in [1.29, 1.82) is 0 Å². The standard InChI is InChI=1S/C23H46N4O5.2CH4.2CH3.Na/c1-9-17(20(24)29)13-18(21(30)31)14-23(2,3)22(32)25-11-10-12-27(7,8)16-19(28)15-26(4,5)6;;;;;/h17-19,28H,9-16H2,1-8H3,(H2-2,24,25,29,30,31,32);2*1H4;2*1H3;/q;;;2*-1;+1/p+1. The Kier molecular flexibility index (Phi) is 28.2. The van der Waals surface area contributed by atoms with Gasteiger partial charge in [0.15, 0.2) is 6.10 Å². The van der Waals surface area contributed by atoms with Gasteiger partial charge in [-0.15, -0.1) is 0 Å². The molecule has 0 saturated heterocycles. The molecular formula is C27H61N4NaO5. The third-order valence-electron chi connectivity index (χ3n) is 5.86. The molecule has 0 radical (unpaired) electrons. The molecule has 0 aromatic carbocycles. The molecule has 0 aliphatic carbocycles. The number of carbonyl (C=O) groups excluding carboxylic acids is 3. The molecule has 3 unspecified atom stereocenters. The minimum atomic E-state index is -1.27. The maximum Gasteiger partial charge on any atom is 1.00 e. The normalized spacial score (nSPS) is 13.5. The van der Waals surface area contributed by atoms with Gasteiger partial charge in [0.25, 0.3) is 0 Å². The molecule has 0 spiro atoms. The SMILES string of the molecule is C.C.CCC(CC(CC(C)(C)C(=O)NCCC[N+](C)(C)CC(O)C[N+](C)(C)C)C(=O)[O-])C(N)=O.[CH3-].[CH3-].[Na+]. The summed E-state index contributed by atoms with van der Waals surface area (Å²) < 4.78 is 1.33. The molecule has 9 nitrogen and oxygen atoms in total. The Labute approximate surface area is 252 Å². The van der Waals surface area contributed by atoms with Crippen LogP contribution in [-0.2, 0) is 14.4 Å². The number of carbonyl (C=O) groups is 3. The number of aliphatic hydroxyl groups excluding tert-OH is 1. The van der Waals surface area contributed by atoms with Crippen LogP contribution in [0.2, 0.25) is 0 Å². The van der Waals surface area contributed by atoms with Gasteiger partial charge < -0.3 is 49.9 Å². The number of nitrogens with two attached hydrogens (primary N) is 1. The van der Waals surface area contributed by atoms with Crippen LogP contribution >= 0.6 is 0 Å². The summed E-state index contributed by atoms with van der Waals surface area (Å²) in [6.07, 6.45) is 0.918. The summed E-state index contributed by atoms with van der Waals surface area (Å²) in [5.41, 5.74) is 4.42. The van der Waals surface area contributed by atoms with E-state index in [-0.39, 0.29) is 78.0 Å². The van der Waals surface area contributed by atoms with Crippen molar-refractivity contribution in [3.05, 3.63) is 14.9 Å². The van der Waals surface area contributed by atoms with Crippen LogP contribution in [0.15, 0.2) is 0 Å². The van der Waals surface area contributed by atoms with Crippen molar-refractivity contribution in [2.24, 2.45) is 23.0 Å². The number of amides is 2. The Balaban J connectivity index is -0.000000480. The van der Waals surface area contributed by atoms with Crippen LogP contribution < -0.4 is 45.7 Å². The zero-order valence-corrected chi connectivity index (χ0v) is 26.4. The number of nitrogens with zero attached hydrogens (tertiary/aromatic N) is 2. The largest absolute Gasteiger partial charge is 1.00 e. The Morgan fingerprint density at radius 3 is 1.86 bits per heavy atom. The second-order valence-electron chi connectivity index (χ2n) is 11.4. The van der Waals surface area contributed by atoms with E-state index in [0.29, 0.717) is 35.0 Å². The number of nitrogens with one attached hydrogen (secondary N) is 1. The van der Waals surface area contributed by atoms with Crippen molar-refractivity contribution >= 4 is 17.8 Å². The molecule has 10 heteroatoms. The number of aliphatic carboxylic acids is 1. The molecule has 0 fully saturated rings. The van der Waals surface area contributed by atoms with Crippen molar-refractivity contribution in [2.45, 2.75) is 67.4 Å². The monoisotopic (exact) mass is 544 g/mol. The number of carboxylic acids is 1. The first kappa shape index (κ1) is 49.3. The van der Waals surface area contributed by atoms with E-state index >= 15 is 0 Å². The second kappa shape index (κ2) is 21.2. The van der Waals surface area contributed by atoms with Crippen LogP contribution in [0.3, 0.4) is 0 Å². The summed E-state index contributed by atoms with van der Waals surface area (Å²) in [7, 11) is 10.2. The van der Waals surface area contributed by atoms with Crippen molar-refractivity contribution in [1.82, 2.24) is 5.32 Å². The first-order valence-corrected chi connectivity index (χ1v) is 11.5. The smallest absolute Gasteiger partial charge is 0.550 e. The fraction of sp³-hybridized carbons (Fsp3) is 0.815. The van der Waals surface area contributed by atoms with Crippen LogP contribution in [0.4, 0.5) is 0 Å². The van der Waals surface area contributed by atoms with E-state index in [1.165, 1.54) is 0 Å². The van der Waals surface area contributed by atoms with Gasteiger partial charge in [-0.2, -0.15) is 0 Å². The zero-order chi connectivity index (χ0) is 25.3. The van der Waals surface area contributed by atoms with Crippen LogP contribution in [0, 0.1) is 32.1 Å². The van der Waals surface area contributed by atoms with E-state index in [1.807, 2.05) is 21.1 Å². The van der Waals surface area contributed by atoms with Gasteiger partial charge in [0, 0.05) is 36.2 Å². The molecule has 4 N–H and O–H groups in total. The first-order valence-electron chi connectivity index (χ1n) is 11.5. The topological polar surface area (TPSA) is 133 Å². The van der Waals surface area contributed by atoms with E-state index in [0.717, 1.165) is 13.0 Å². The van der Waals surface area contributed by atoms with E-state index < -0.39 is 35.2 Å². The first-order chi connectivity index (χ1) is 14.4. The van der Waals surface area contributed by atoms with Crippen molar-refractivity contribution in [2.75, 3.05) is 61.4 Å². The quantitative estimate of drug-likeness (QED) is 0.0941. The molecule has 0 saturated carbocycles. The second-order valence-corrected chi connectivity index (χ2v) is 11.4. The fourth-order valence-electron chi connectivity index (χ4n) is 4.10. The molecular weight excluding hydrogens is 483 g/mol. The molecule has 0 rings (SSSR count). The average molecular weight is 545 g/mol. The molecule has 0 aliphatic heterocycles. The Hall–Kier alpha value is -0.710. The van der Waals surface area contributed by atoms with Crippen LogP contribution in [0.1, 0.15) is 61.3 Å². The Morgan fingerprint density at radius 2 is 1.49 bits per heavy atom. The number of carboxylic acid groups (broad SMARTS) is 1. The number of hydrogen-bond donors (Lipinski definition) is 3. The maximum atomic E-state index is 12.7. The van der Waals surface area contributed by atoms with Gasteiger partial charge in [0.1, 0.15) is 13.1 Å². The molecule has 0 heterocycles. The number of likely N-dealkylation sites (N-methyl/N-ethyl adjacent to an activating group) is 2. The minimum Gasteiger partial charge on any atom is -0.550 e. The summed E-state index contributed by atoms with van der Waals surface area (Å²) in [5, 5.41) is 24.8. The van der Waals surface area contributed by atoms with Crippen LogP contribution in [-0.4, -0.2) is 99.4 Å². The van der Waals surface area contributed by atoms with Gasteiger partial charge in [-0.1, -0.05) is 35.6 Å². The minimum absolute atomic E-state index is 0. The molecule has 0 aliphatic rings. The van der Waals surface area contributed by atoms with Crippen molar-refractivity contribution in [3.63, 3.8) is 0 Å². The van der Waals surface area contributed by atoms with Crippen molar-refractivity contribution in [3.8, 4) is 0 Å². The third-order valence-corrected chi connectivity index (χ3v) is 5.86. The predicted molar refractivity (Wildman–Crippen MR) is 149 cm³/mol. The molecule has 37 heavy (non-hydrogen) atoms. The molecule has 0 aromatic rings. The summed E-state index contributed by atoms with van der Waals surface area (Å²) >= 11 is 0. The molecule has 2 amide bonds. The maximum absolute atomic E-state index is 12.7. The summed E-state index contributed by atoms with van der Waals surface area (Å²) in [5.74, 6) is -3.51. The summed E-state index contributed by atoms with van der Waals surface area (Å²) in [6.45, 7) is 7.72. The van der Waals surface area contributed by atoms with Gasteiger partial charge in [-0.05, 0) is 19.3 Å². The van der Waals surface area contributed by atoms with Crippen LogP contribution in [0.25, 0.3) is 0 Å². The zero-order valence-electron chi connectivity index (χ0n) is 24.4. The summed E-state index contributed by atoms with van der Waals surface area (Å²) in [4.78, 5) is 35.8. The molecule has 0 bridgehead atoms.